The maximum Gasteiger partial charge on any atom is 0.290 e. The summed E-state index contributed by atoms with van der Waals surface area (Å²) in [6.45, 7) is 2.15. The number of carboxylic acid groups (broad SMARTS) is 1. The van der Waals surface area contributed by atoms with Crippen LogP contribution in [0.15, 0.2) is 48.9 Å². The summed E-state index contributed by atoms with van der Waals surface area (Å²) in [7, 11) is 0. The minimum atomic E-state index is -0.775. The van der Waals surface area contributed by atoms with E-state index < -0.39 is 5.82 Å². The highest BCUT2D eigenvalue weighted by atomic mass is 35.5. The van der Waals surface area contributed by atoms with Crippen molar-refractivity contribution < 1.29 is 28.6 Å². The average Bonchev–Trinajstić information content (AvgIpc) is 3.77. The predicted molar refractivity (Wildman–Crippen MR) is 171 cm³/mol. The third-order valence-electron chi connectivity index (χ3n) is 7.74. The number of benzene rings is 2. The van der Waals surface area contributed by atoms with E-state index in [0.717, 1.165) is 19.4 Å². The van der Waals surface area contributed by atoms with E-state index in [1.807, 2.05) is 4.90 Å². The molecule has 1 unspecified atom stereocenters. The van der Waals surface area contributed by atoms with Gasteiger partial charge in [-0.05, 0) is 49.7 Å². The van der Waals surface area contributed by atoms with Crippen molar-refractivity contribution in [1.29, 1.82) is 5.26 Å². The van der Waals surface area contributed by atoms with Crippen LogP contribution in [0.2, 0.25) is 10.0 Å². The average molecular weight is 684 g/mol. The van der Waals surface area contributed by atoms with E-state index in [-0.39, 0.29) is 46.7 Å². The van der Waals surface area contributed by atoms with Gasteiger partial charge in [0.05, 0.1) is 33.5 Å². The quantitative estimate of drug-likeness (QED) is 0.240. The lowest BCUT2D eigenvalue weighted by atomic mass is 10.1. The molecule has 0 spiro atoms. The highest BCUT2D eigenvalue weighted by molar-refractivity contribution is 6.34. The van der Waals surface area contributed by atoms with Gasteiger partial charge in [-0.3, -0.25) is 18.8 Å². The number of nitrogens with one attached hydrogen (secondary N) is 2. The van der Waals surface area contributed by atoms with Crippen LogP contribution in [0.5, 0.6) is 5.75 Å². The van der Waals surface area contributed by atoms with Crippen molar-refractivity contribution in [3.8, 4) is 23.1 Å². The Balaban J connectivity index is 0.00000139. The van der Waals surface area contributed by atoms with Crippen molar-refractivity contribution >= 4 is 58.6 Å². The molecule has 2 aliphatic heterocycles. The van der Waals surface area contributed by atoms with Gasteiger partial charge in [0.25, 0.3) is 12.4 Å². The number of fused-ring (bicyclic) bond motifs is 1. The molecule has 2 fully saturated rings. The Labute approximate surface area is 278 Å². The molecule has 2 amide bonds. The highest BCUT2D eigenvalue weighted by Crippen LogP contribution is 2.36. The van der Waals surface area contributed by atoms with Crippen LogP contribution in [0.4, 0.5) is 15.9 Å². The minimum Gasteiger partial charge on any atom is -0.483 e. The molecule has 13 nitrogen and oxygen atoms in total. The van der Waals surface area contributed by atoms with Gasteiger partial charge in [0.15, 0.2) is 29.6 Å². The Hall–Kier alpha value is -4.97. The molecule has 1 atom stereocenters. The molecule has 0 aliphatic carbocycles. The van der Waals surface area contributed by atoms with Gasteiger partial charge in [0.2, 0.25) is 5.91 Å². The number of aromatic nitrogens is 3. The van der Waals surface area contributed by atoms with Crippen LogP contribution in [0.1, 0.15) is 23.2 Å². The zero-order chi connectivity index (χ0) is 33.5. The van der Waals surface area contributed by atoms with E-state index >= 15 is 0 Å². The maximum absolute atomic E-state index is 14.8. The van der Waals surface area contributed by atoms with Gasteiger partial charge in [-0.25, -0.2) is 14.4 Å². The van der Waals surface area contributed by atoms with Gasteiger partial charge in [-0.15, -0.1) is 0 Å². The van der Waals surface area contributed by atoms with E-state index in [1.165, 1.54) is 6.07 Å². The topological polar surface area (TPSA) is 165 Å². The van der Waals surface area contributed by atoms with E-state index in [4.69, 9.17) is 43.1 Å². The largest absolute Gasteiger partial charge is 0.483 e. The summed E-state index contributed by atoms with van der Waals surface area (Å²) in [6, 6.07) is 9.70. The number of nitrogens with zero attached hydrogens (tertiary/aromatic N) is 6. The lowest BCUT2D eigenvalue weighted by molar-refractivity contribution is -0.134. The monoisotopic (exact) mass is 682 g/mol. The van der Waals surface area contributed by atoms with E-state index in [0.29, 0.717) is 60.2 Å². The molecule has 3 N–H and O–H groups in total. The van der Waals surface area contributed by atoms with Gasteiger partial charge >= 0.3 is 0 Å². The molecule has 0 radical (unpaired) electrons. The molecule has 2 aliphatic rings. The predicted octanol–water partition coefficient (Wildman–Crippen LogP) is 4.23. The first-order chi connectivity index (χ1) is 22.8. The minimum absolute atomic E-state index is 0.103. The number of anilines is 2. The van der Waals surface area contributed by atoms with Crippen LogP contribution in [-0.4, -0.2) is 92.9 Å². The summed E-state index contributed by atoms with van der Waals surface area (Å²) in [5.41, 5.74) is 2.29. The number of piperazine rings is 1. The number of carbonyl (C=O) groups excluding carboxylic acids is 2. The number of ether oxygens (including phenoxy) is 1. The van der Waals surface area contributed by atoms with Crippen molar-refractivity contribution in [2.45, 2.75) is 18.9 Å². The molecule has 2 saturated heterocycles. The first-order valence-electron chi connectivity index (χ1n) is 14.5. The molecule has 0 saturated carbocycles. The summed E-state index contributed by atoms with van der Waals surface area (Å²) in [4.78, 5) is 46.7. The van der Waals surface area contributed by atoms with Crippen molar-refractivity contribution in [2.75, 3.05) is 44.6 Å². The van der Waals surface area contributed by atoms with Crippen LogP contribution in [-0.2, 0) is 9.59 Å². The molecule has 244 valence electrons. The zero-order valence-electron chi connectivity index (χ0n) is 24.8. The second kappa shape index (κ2) is 15.1. The Kier molecular flexibility index (Phi) is 10.7. The lowest BCUT2D eigenvalue weighted by Crippen LogP contribution is -2.54. The van der Waals surface area contributed by atoms with Crippen molar-refractivity contribution in [2.24, 2.45) is 0 Å². The van der Waals surface area contributed by atoms with Crippen molar-refractivity contribution in [3.05, 3.63) is 70.3 Å². The molecule has 6 rings (SSSR count). The fourth-order valence-corrected chi connectivity index (χ4v) is 5.99. The Morgan fingerprint density at radius 3 is 2.60 bits per heavy atom. The van der Waals surface area contributed by atoms with Gasteiger partial charge in [-0.2, -0.15) is 5.26 Å². The standard InChI is InChI=1S/C30H27Cl2FN8O3.CH2O2/c31-21-16-18(3-4-19(21)29(42)39-11-13-40(14-12-39)30(43)22-2-1-8-35-22)38-27-28-37-17-23(41(28)10-9-36-27)20-5-6-24(44-15-7-34)26(33)25(20)32;2-1-3/h3-6,9-10,16-17,22,35H,1-2,8,11-15H2,(H,36,38);1H,(H,2,3). The van der Waals surface area contributed by atoms with Crippen molar-refractivity contribution in [3.63, 3.8) is 0 Å². The molecule has 2 aromatic carbocycles. The molecule has 16 heteroatoms. The van der Waals surface area contributed by atoms with Crippen LogP contribution in [0.25, 0.3) is 16.9 Å². The fourth-order valence-electron chi connectivity index (χ4n) is 5.48. The number of imidazole rings is 1. The fraction of sp³-hybridized carbons (Fsp3) is 0.290. The second-order valence-electron chi connectivity index (χ2n) is 10.5. The Morgan fingerprint density at radius 1 is 1.17 bits per heavy atom. The molecule has 0 bridgehead atoms. The van der Waals surface area contributed by atoms with E-state index in [1.54, 1.807) is 58.2 Å². The summed E-state index contributed by atoms with van der Waals surface area (Å²) in [5, 5.41) is 22.1. The Morgan fingerprint density at radius 2 is 1.91 bits per heavy atom. The van der Waals surface area contributed by atoms with Gasteiger partial charge in [-0.1, -0.05) is 23.2 Å². The molecular formula is C31H29Cl2FN8O5. The lowest BCUT2D eigenvalue weighted by Gasteiger charge is -2.36. The second-order valence-corrected chi connectivity index (χ2v) is 11.3. The molecular weight excluding hydrogens is 654 g/mol. The smallest absolute Gasteiger partial charge is 0.290 e. The summed E-state index contributed by atoms with van der Waals surface area (Å²) < 4.78 is 21.6. The number of hydrogen-bond acceptors (Lipinski definition) is 9. The van der Waals surface area contributed by atoms with E-state index in [2.05, 4.69) is 20.6 Å². The number of halogens is 3. The van der Waals surface area contributed by atoms with Gasteiger partial charge in [0, 0.05) is 49.8 Å². The van der Waals surface area contributed by atoms with Crippen LogP contribution in [0.3, 0.4) is 0 Å². The first kappa shape index (κ1) is 33.4. The number of nitriles is 1. The number of hydrogen-bond donors (Lipinski definition) is 3. The molecule has 4 aromatic rings. The SMILES string of the molecule is N#CCOc1ccc(-c2cnc3c(Nc4ccc(C(=O)N5CCN(C(=O)C6CCCN6)CC5)c(Cl)c4)nccn23)c(Cl)c1F.O=CO. The third kappa shape index (κ3) is 7.22. The normalized spacial score (nSPS) is 15.8. The Bertz CT molecular complexity index is 1830. The van der Waals surface area contributed by atoms with Gasteiger partial charge in [0.1, 0.15) is 6.07 Å². The van der Waals surface area contributed by atoms with Crippen LogP contribution < -0.4 is 15.4 Å². The van der Waals surface area contributed by atoms with Crippen molar-refractivity contribution in [1.82, 2.24) is 29.5 Å². The molecule has 47 heavy (non-hydrogen) atoms. The highest BCUT2D eigenvalue weighted by Gasteiger charge is 2.31. The third-order valence-corrected chi connectivity index (χ3v) is 8.42. The molecule has 2 aromatic heterocycles. The van der Waals surface area contributed by atoms with Crippen LogP contribution >= 0.6 is 23.2 Å². The summed E-state index contributed by atoms with van der Waals surface area (Å²) >= 11 is 12.9. The maximum atomic E-state index is 14.8. The first-order valence-corrected chi connectivity index (χ1v) is 15.3. The number of rotatable bonds is 7. The van der Waals surface area contributed by atoms with Crippen LogP contribution in [0, 0.1) is 17.1 Å². The summed E-state index contributed by atoms with van der Waals surface area (Å²) in [5.74, 6) is -0.587. The zero-order valence-corrected chi connectivity index (χ0v) is 26.3. The van der Waals surface area contributed by atoms with E-state index in [9.17, 15) is 14.0 Å². The molecule has 4 heterocycles. The summed E-state index contributed by atoms with van der Waals surface area (Å²) in [6.07, 6.45) is 6.62. The van der Waals surface area contributed by atoms with Gasteiger partial charge < -0.3 is 30.3 Å². The number of amides is 2. The number of carbonyl (C=O) groups is 3.